The lowest BCUT2D eigenvalue weighted by Gasteiger charge is -2.05. The van der Waals surface area contributed by atoms with Crippen molar-refractivity contribution in [3.8, 4) is 0 Å². The predicted molar refractivity (Wildman–Crippen MR) is 75.0 cm³/mol. The van der Waals surface area contributed by atoms with Gasteiger partial charge >= 0.3 is 11.1 Å². The Morgan fingerprint density at radius 1 is 1.12 bits per heavy atom. The average molecular weight is 227 g/mol. The number of hydrogen-bond donors (Lipinski definition) is 1. The molecule has 0 amide bonds. The van der Waals surface area contributed by atoms with Gasteiger partial charge in [-0.3, -0.25) is 0 Å². The molecule has 1 aliphatic rings. The van der Waals surface area contributed by atoms with Gasteiger partial charge in [-0.05, 0) is 39.3 Å². The van der Waals surface area contributed by atoms with E-state index in [1.54, 1.807) is 0 Å². The van der Waals surface area contributed by atoms with E-state index in [1.165, 1.54) is 21.9 Å². The summed E-state index contributed by atoms with van der Waals surface area (Å²) in [6, 6.07) is 4.23. The first kappa shape index (κ1) is 11.7. The van der Waals surface area contributed by atoms with Crippen molar-refractivity contribution in [3.05, 3.63) is 33.8 Å². The maximum absolute atomic E-state index is 6.24. The molecule has 88 valence electrons. The second-order valence-electron chi connectivity index (χ2n) is 4.87. The zero-order valence-electron chi connectivity index (χ0n) is 11.2. The highest BCUT2D eigenvalue weighted by Gasteiger charge is 2.20. The van der Waals surface area contributed by atoms with E-state index in [2.05, 4.69) is 44.5 Å². The molecule has 0 bridgehead atoms. The Morgan fingerprint density at radius 3 is 2.35 bits per heavy atom. The van der Waals surface area contributed by atoms with Crippen molar-refractivity contribution in [2.24, 2.45) is 0 Å². The van der Waals surface area contributed by atoms with Crippen molar-refractivity contribution in [1.29, 1.82) is 0 Å². The van der Waals surface area contributed by atoms with E-state index in [-0.39, 0.29) is 0 Å². The Balaban J connectivity index is 2.88. The highest BCUT2D eigenvalue weighted by atomic mass is 14.7. The Labute approximate surface area is 102 Å². The summed E-state index contributed by atoms with van der Waals surface area (Å²) in [6.07, 6.45) is 0. The van der Waals surface area contributed by atoms with Crippen LogP contribution in [0.3, 0.4) is 0 Å². The molecule has 2 heteroatoms. The van der Waals surface area contributed by atoms with Crippen LogP contribution >= 0.6 is 0 Å². The lowest BCUT2D eigenvalue weighted by Crippen LogP contribution is -2.29. The Bertz CT molecular complexity index is 680. The summed E-state index contributed by atoms with van der Waals surface area (Å²) in [5, 5.41) is 2.11. The molecule has 0 aliphatic carbocycles. The van der Waals surface area contributed by atoms with E-state index in [0.717, 1.165) is 22.3 Å². The number of hydrogen-bond acceptors (Lipinski definition) is 1. The van der Waals surface area contributed by atoms with Crippen LogP contribution in [0.5, 0.6) is 0 Å². The largest absolute Gasteiger partial charge is 0.392 e. The van der Waals surface area contributed by atoms with Gasteiger partial charge < -0.3 is 5.73 Å². The van der Waals surface area contributed by atoms with Crippen LogP contribution in [0.2, 0.25) is 0 Å². The lowest BCUT2D eigenvalue weighted by atomic mass is 9.99. The van der Waals surface area contributed by atoms with Crippen LogP contribution < -0.4 is 21.0 Å². The molecule has 0 unspecified atom stereocenters. The third-order valence-electron chi connectivity index (χ3n) is 3.60. The van der Waals surface area contributed by atoms with E-state index >= 15 is 0 Å². The number of nitrogen functional groups attached to an aromatic ring is 1. The molecular weight excluding hydrogens is 208 g/mol. The number of benzene rings is 1. The third-order valence-corrected chi connectivity index (χ3v) is 3.60. The number of fused-ring (bicyclic) bond motifs is 1. The summed E-state index contributed by atoms with van der Waals surface area (Å²) in [5.74, 6) is 0. The number of nitrogens with zero attached hydrogens (tertiary/aromatic N) is 1. The van der Waals surface area contributed by atoms with Gasteiger partial charge in [-0.25, -0.2) is 0 Å². The van der Waals surface area contributed by atoms with E-state index in [9.17, 15) is 0 Å². The van der Waals surface area contributed by atoms with Crippen LogP contribution in [0.15, 0.2) is 17.7 Å². The minimum absolute atomic E-state index is 0.803. The molecular formula is C15H19N2+. The van der Waals surface area contributed by atoms with Crippen LogP contribution in [-0.4, -0.2) is 5.71 Å². The van der Waals surface area contributed by atoms with Gasteiger partial charge in [-0.2, -0.15) is 0 Å². The van der Waals surface area contributed by atoms with Gasteiger partial charge in [0.05, 0.1) is 5.22 Å². The highest BCUT2D eigenvalue weighted by Crippen LogP contribution is 2.20. The molecule has 0 saturated heterocycles. The summed E-state index contributed by atoms with van der Waals surface area (Å²) < 4.78 is 4.57. The first-order valence-electron chi connectivity index (χ1n) is 5.90. The van der Waals surface area contributed by atoms with Crippen LogP contribution in [0, 0.1) is 0 Å². The monoisotopic (exact) mass is 227 g/mol. The topological polar surface area (TPSA) is 40.1 Å². The lowest BCUT2D eigenvalue weighted by molar-refractivity contribution is 1.31. The fourth-order valence-corrected chi connectivity index (χ4v) is 2.07. The van der Waals surface area contributed by atoms with Crippen LogP contribution in [-0.2, 0) is 0 Å². The van der Waals surface area contributed by atoms with Crippen LogP contribution in [0.25, 0.3) is 11.1 Å². The SMILES string of the molecule is CC1=[N+]=c2c(N)c(C(C)=C(C)C)ccc2=C1C. The first-order chi connectivity index (χ1) is 7.93. The summed E-state index contributed by atoms with van der Waals surface area (Å²) in [7, 11) is 0. The molecule has 2 nitrogen and oxygen atoms in total. The van der Waals surface area contributed by atoms with E-state index in [4.69, 9.17) is 5.73 Å². The predicted octanol–water partition coefficient (Wildman–Crippen LogP) is 1.41. The molecule has 0 atom stereocenters. The second-order valence-corrected chi connectivity index (χ2v) is 4.87. The standard InChI is InChI=1S/C15H18N2/c1-8(2)9(3)12-6-7-13-10(4)11(5)17-15(13)14(12)16/h6-7,16H,1-5H3/p+1. The highest BCUT2D eigenvalue weighted by molar-refractivity contribution is 6.16. The quantitative estimate of drug-likeness (QED) is 0.572. The Hall–Kier alpha value is -1.79. The molecule has 0 fully saturated rings. The smallest absolute Gasteiger partial charge is 0.358 e. The van der Waals surface area contributed by atoms with Crippen LogP contribution in [0.4, 0.5) is 5.69 Å². The van der Waals surface area contributed by atoms with Crippen molar-refractivity contribution < 1.29 is 0 Å². The Morgan fingerprint density at radius 2 is 1.76 bits per heavy atom. The van der Waals surface area contributed by atoms with Crippen molar-refractivity contribution in [2.45, 2.75) is 34.6 Å². The number of allylic oxidation sites excluding steroid dienone is 2. The molecule has 17 heavy (non-hydrogen) atoms. The minimum atomic E-state index is 0.803. The third kappa shape index (κ3) is 1.71. The Kier molecular flexibility index (Phi) is 2.68. The van der Waals surface area contributed by atoms with Gasteiger partial charge in [0.2, 0.25) is 0 Å². The molecule has 1 aromatic carbocycles. The van der Waals surface area contributed by atoms with Crippen molar-refractivity contribution in [2.75, 3.05) is 5.73 Å². The summed E-state index contributed by atoms with van der Waals surface area (Å²) in [5.41, 5.74) is 13.0. The molecule has 0 radical (unpaired) electrons. The van der Waals surface area contributed by atoms with Gasteiger partial charge in [0.1, 0.15) is 5.69 Å². The van der Waals surface area contributed by atoms with Gasteiger partial charge in [-0.1, -0.05) is 16.3 Å². The molecule has 2 rings (SSSR count). The van der Waals surface area contributed by atoms with E-state index in [0.29, 0.717) is 0 Å². The maximum Gasteiger partial charge on any atom is 0.358 e. The summed E-state index contributed by atoms with van der Waals surface area (Å²) >= 11 is 0. The number of nitrogens with two attached hydrogens (primary N) is 1. The van der Waals surface area contributed by atoms with Gasteiger partial charge in [-0.15, -0.1) is 0 Å². The minimum Gasteiger partial charge on any atom is -0.392 e. The fraction of sp³-hybridized carbons (Fsp3) is 0.333. The summed E-state index contributed by atoms with van der Waals surface area (Å²) in [4.78, 5) is 0. The number of rotatable bonds is 1. The average Bonchev–Trinajstić information content (AvgIpc) is 2.56. The van der Waals surface area contributed by atoms with E-state index in [1.807, 2.05) is 6.92 Å². The molecule has 2 N–H and O–H groups in total. The molecule has 0 saturated carbocycles. The molecule has 1 heterocycles. The fourth-order valence-electron chi connectivity index (χ4n) is 2.07. The molecule has 0 aromatic heterocycles. The molecule has 1 aliphatic heterocycles. The van der Waals surface area contributed by atoms with E-state index < -0.39 is 0 Å². The molecule has 1 aromatic rings. The van der Waals surface area contributed by atoms with Gasteiger partial charge in [0.25, 0.3) is 0 Å². The molecule has 0 spiro atoms. The van der Waals surface area contributed by atoms with Crippen molar-refractivity contribution in [1.82, 2.24) is 4.67 Å². The number of anilines is 1. The summed E-state index contributed by atoms with van der Waals surface area (Å²) in [6.45, 7) is 10.4. The zero-order valence-corrected chi connectivity index (χ0v) is 11.2. The van der Waals surface area contributed by atoms with Crippen LogP contribution in [0.1, 0.15) is 40.2 Å². The van der Waals surface area contributed by atoms with Crippen molar-refractivity contribution >= 4 is 22.5 Å². The first-order valence-corrected chi connectivity index (χ1v) is 5.90. The maximum atomic E-state index is 6.24. The normalized spacial score (nSPS) is 13.0. The van der Waals surface area contributed by atoms with Gasteiger partial charge in [0.15, 0.2) is 0 Å². The van der Waals surface area contributed by atoms with Gasteiger partial charge in [0, 0.05) is 18.1 Å². The zero-order chi connectivity index (χ0) is 12.7. The van der Waals surface area contributed by atoms with Crippen molar-refractivity contribution in [3.63, 3.8) is 0 Å². The second kappa shape index (κ2) is 3.90.